The van der Waals surface area contributed by atoms with Gasteiger partial charge in [-0.05, 0) is 38.6 Å². The van der Waals surface area contributed by atoms with Gasteiger partial charge in [-0.25, -0.2) is 0 Å². The van der Waals surface area contributed by atoms with Crippen molar-refractivity contribution in [3.8, 4) is 0 Å². The summed E-state index contributed by atoms with van der Waals surface area (Å²) in [7, 11) is 0. The lowest BCUT2D eigenvalue weighted by Crippen LogP contribution is -2.01. The third kappa shape index (κ3) is 3.37. The summed E-state index contributed by atoms with van der Waals surface area (Å²) >= 11 is 0. The first-order chi connectivity index (χ1) is 5.79. The standard InChI is InChI=1S/C10H15NO/c1-9(12)4-2-5-10-6-3-7-11-8-10/h3,7-8,11H,2,4-6H2,1H3. The molecular formula is C10H15NO. The zero-order chi connectivity index (χ0) is 8.81. The molecule has 66 valence electrons. The fraction of sp³-hybridized carbons (Fsp3) is 0.500. The molecule has 2 nitrogen and oxygen atoms in total. The number of hydrogen-bond acceptors (Lipinski definition) is 2. The lowest BCUT2D eigenvalue weighted by Gasteiger charge is -2.07. The van der Waals surface area contributed by atoms with E-state index in [1.807, 2.05) is 12.4 Å². The highest BCUT2D eigenvalue weighted by atomic mass is 16.1. The first kappa shape index (κ1) is 9.04. The van der Waals surface area contributed by atoms with Gasteiger partial charge in [-0.1, -0.05) is 11.6 Å². The smallest absolute Gasteiger partial charge is 0.129 e. The highest BCUT2D eigenvalue weighted by Crippen LogP contribution is 2.13. The van der Waals surface area contributed by atoms with Crippen LogP contribution in [-0.2, 0) is 4.79 Å². The molecule has 1 aliphatic rings. The van der Waals surface area contributed by atoms with Gasteiger partial charge in [0.1, 0.15) is 5.78 Å². The quantitative estimate of drug-likeness (QED) is 0.691. The van der Waals surface area contributed by atoms with Crippen LogP contribution in [-0.4, -0.2) is 5.78 Å². The molecule has 2 heteroatoms. The van der Waals surface area contributed by atoms with E-state index < -0.39 is 0 Å². The molecule has 0 aliphatic carbocycles. The fourth-order valence-corrected chi connectivity index (χ4v) is 1.24. The van der Waals surface area contributed by atoms with Gasteiger partial charge in [-0.15, -0.1) is 0 Å². The molecule has 0 aromatic heterocycles. The second-order valence-electron chi connectivity index (χ2n) is 3.13. The van der Waals surface area contributed by atoms with Crippen molar-refractivity contribution < 1.29 is 4.79 Å². The van der Waals surface area contributed by atoms with Crippen LogP contribution in [0.2, 0.25) is 0 Å². The van der Waals surface area contributed by atoms with Gasteiger partial charge in [-0.2, -0.15) is 0 Å². The number of nitrogens with one attached hydrogen (secondary N) is 1. The fourth-order valence-electron chi connectivity index (χ4n) is 1.24. The number of carbonyl (C=O) groups excluding carboxylic acids is 1. The van der Waals surface area contributed by atoms with Crippen LogP contribution >= 0.6 is 0 Å². The summed E-state index contributed by atoms with van der Waals surface area (Å²) in [5.41, 5.74) is 1.39. The van der Waals surface area contributed by atoms with E-state index in [1.165, 1.54) is 5.57 Å². The second kappa shape index (κ2) is 4.75. The number of carbonyl (C=O) groups is 1. The van der Waals surface area contributed by atoms with Crippen molar-refractivity contribution in [1.29, 1.82) is 0 Å². The summed E-state index contributed by atoms with van der Waals surface area (Å²) in [4.78, 5) is 10.6. The van der Waals surface area contributed by atoms with Gasteiger partial charge in [-0.3, -0.25) is 0 Å². The van der Waals surface area contributed by atoms with Crippen LogP contribution in [0.25, 0.3) is 0 Å². The summed E-state index contributed by atoms with van der Waals surface area (Å²) in [5, 5.41) is 3.05. The minimum Gasteiger partial charge on any atom is -0.368 e. The summed E-state index contributed by atoms with van der Waals surface area (Å²) in [6, 6.07) is 0. The van der Waals surface area contributed by atoms with Crippen molar-refractivity contribution in [3.05, 3.63) is 24.0 Å². The van der Waals surface area contributed by atoms with Crippen LogP contribution in [0.5, 0.6) is 0 Å². The molecule has 0 bridgehead atoms. The average molecular weight is 165 g/mol. The van der Waals surface area contributed by atoms with Crippen LogP contribution in [0.15, 0.2) is 24.0 Å². The van der Waals surface area contributed by atoms with Crippen molar-refractivity contribution in [1.82, 2.24) is 5.32 Å². The van der Waals surface area contributed by atoms with Crippen molar-refractivity contribution in [2.75, 3.05) is 0 Å². The Labute approximate surface area is 73.4 Å². The largest absolute Gasteiger partial charge is 0.368 e. The third-order valence-electron chi connectivity index (χ3n) is 1.91. The zero-order valence-corrected chi connectivity index (χ0v) is 7.47. The second-order valence-corrected chi connectivity index (χ2v) is 3.13. The van der Waals surface area contributed by atoms with E-state index in [4.69, 9.17) is 0 Å². The van der Waals surface area contributed by atoms with Gasteiger partial charge in [0.25, 0.3) is 0 Å². The molecule has 0 aromatic rings. The molecule has 1 N–H and O–H groups in total. The van der Waals surface area contributed by atoms with Crippen molar-refractivity contribution in [3.63, 3.8) is 0 Å². The molecule has 0 unspecified atom stereocenters. The minimum atomic E-state index is 0.287. The van der Waals surface area contributed by atoms with E-state index >= 15 is 0 Å². The van der Waals surface area contributed by atoms with Crippen molar-refractivity contribution in [2.24, 2.45) is 0 Å². The minimum absolute atomic E-state index is 0.287. The number of dihydropyridines is 1. The lowest BCUT2D eigenvalue weighted by atomic mass is 10.0. The molecule has 0 fully saturated rings. The maximum absolute atomic E-state index is 10.6. The summed E-state index contributed by atoms with van der Waals surface area (Å²) in [5.74, 6) is 0.287. The lowest BCUT2D eigenvalue weighted by molar-refractivity contribution is -0.117. The van der Waals surface area contributed by atoms with Gasteiger partial charge < -0.3 is 10.1 Å². The van der Waals surface area contributed by atoms with E-state index in [9.17, 15) is 4.79 Å². The van der Waals surface area contributed by atoms with Gasteiger partial charge in [0.05, 0.1) is 0 Å². The van der Waals surface area contributed by atoms with E-state index in [2.05, 4.69) is 11.4 Å². The van der Waals surface area contributed by atoms with Gasteiger partial charge in [0.15, 0.2) is 0 Å². The van der Waals surface area contributed by atoms with E-state index in [0.29, 0.717) is 6.42 Å². The molecule has 0 radical (unpaired) electrons. The van der Waals surface area contributed by atoms with Gasteiger partial charge >= 0.3 is 0 Å². The van der Waals surface area contributed by atoms with Crippen LogP contribution in [0.4, 0.5) is 0 Å². The summed E-state index contributed by atoms with van der Waals surface area (Å²) in [6.45, 7) is 1.65. The van der Waals surface area contributed by atoms with Crippen LogP contribution in [0, 0.1) is 0 Å². The Kier molecular flexibility index (Phi) is 3.58. The molecule has 0 saturated carbocycles. The number of hydrogen-bond donors (Lipinski definition) is 1. The normalized spacial score (nSPS) is 15.2. The Hall–Kier alpha value is -1.05. The number of ketones is 1. The molecule has 1 rings (SSSR count). The highest BCUT2D eigenvalue weighted by molar-refractivity contribution is 5.75. The van der Waals surface area contributed by atoms with Crippen LogP contribution < -0.4 is 5.32 Å². The van der Waals surface area contributed by atoms with Crippen LogP contribution in [0.1, 0.15) is 32.6 Å². The maximum atomic E-state index is 10.6. The Morgan fingerprint density at radius 1 is 1.67 bits per heavy atom. The number of Topliss-reactive ketones (excluding diaryl/α,β-unsaturated/α-hetero) is 1. The number of rotatable bonds is 4. The van der Waals surface area contributed by atoms with E-state index in [0.717, 1.165) is 19.3 Å². The number of allylic oxidation sites excluding steroid dienone is 2. The average Bonchev–Trinajstić information content (AvgIpc) is 2.05. The molecule has 1 aliphatic heterocycles. The predicted octanol–water partition coefficient (Wildman–Crippen LogP) is 2.14. The summed E-state index contributed by atoms with van der Waals surface area (Å²) in [6.07, 6.45) is 9.83. The third-order valence-corrected chi connectivity index (χ3v) is 1.91. The van der Waals surface area contributed by atoms with Crippen molar-refractivity contribution in [2.45, 2.75) is 32.6 Å². The molecule has 1 heterocycles. The SMILES string of the molecule is CC(=O)CCCC1=CNC=CC1. The summed E-state index contributed by atoms with van der Waals surface area (Å²) < 4.78 is 0. The molecule has 12 heavy (non-hydrogen) atoms. The molecule has 0 atom stereocenters. The molecule has 0 amide bonds. The topological polar surface area (TPSA) is 29.1 Å². The predicted molar refractivity (Wildman–Crippen MR) is 49.5 cm³/mol. The maximum Gasteiger partial charge on any atom is 0.129 e. The Morgan fingerprint density at radius 3 is 3.08 bits per heavy atom. The highest BCUT2D eigenvalue weighted by Gasteiger charge is 1.99. The van der Waals surface area contributed by atoms with Crippen LogP contribution in [0.3, 0.4) is 0 Å². The van der Waals surface area contributed by atoms with Gasteiger partial charge in [0.2, 0.25) is 0 Å². The molecule has 0 spiro atoms. The van der Waals surface area contributed by atoms with Gasteiger partial charge in [0, 0.05) is 6.42 Å². The molecule has 0 aromatic carbocycles. The molecular weight excluding hydrogens is 150 g/mol. The first-order valence-electron chi connectivity index (χ1n) is 4.37. The first-order valence-corrected chi connectivity index (χ1v) is 4.37. The Balaban J connectivity index is 2.14. The Bertz CT molecular complexity index is 216. The Morgan fingerprint density at radius 2 is 2.50 bits per heavy atom. The van der Waals surface area contributed by atoms with E-state index in [1.54, 1.807) is 6.92 Å². The molecule has 0 saturated heterocycles. The zero-order valence-electron chi connectivity index (χ0n) is 7.47. The van der Waals surface area contributed by atoms with E-state index in [-0.39, 0.29) is 5.78 Å². The monoisotopic (exact) mass is 165 g/mol. The van der Waals surface area contributed by atoms with Crippen molar-refractivity contribution >= 4 is 5.78 Å².